The van der Waals surface area contributed by atoms with Crippen LogP contribution in [-0.2, 0) is 7.05 Å². The number of nitrogen functional groups attached to an aromatic ring is 1. The van der Waals surface area contributed by atoms with Crippen LogP contribution >= 0.6 is 11.3 Å². The minimum atomic E-state index is 0.701. The van der Waals surface area contributed by atoms with Gasteiger partial charge in [0.2, 0.25) is 0 Å². The summed E-state index contributed by atoms with van der Waals surface area (Å²) < 4.78 is 1.74. The highest BCUT2D eigenvalue weighted by molar-refractivity contribution is 7.08. The van der Waals surface area contributed by atoms with Crippen LogP contribution in [0.4, 0.5) is 5.82 Å². The Labute approximate surface area is 116 Å². The van der Waals surface area contributed by atoms with Gasteiger partial charge in [0, 0.05) is 18.0 Å². The molecule has 19 heavy (non-hydrogen) atoms. The number of anilines is 1. The Balaban J connectivity index is 2.26. The lowest BCUT2D eigenvalue weighted by atomic mass is 10.0. The third-order valence-corrected chi connectivity index (χ3v) is 3.88. The lowest BCUT2D eigenvalue weighted by molar-refractivity contribution is 0.782. The van der Waals surface area contributed by atoms with Crippen molar-refractivity contribution in [2.45, 2.75) is 6.92 Å². The summed E-state index contributed by atoms with van der Waals surface area (Å²) in [6.07, 6.45) is 0. The van der Waals surface area contributed by atoms with Crippen molar-refractivity contribution in [3.05, 3.63) is 46.7 Å². The zero-order chi connectivity index (χ0) is 13.4. The van der Waals surface area contributed by atoms with E-state index in [4.69, 9.17) is 5.73 Å². The maximum atomic E-state index is 6.20. The Morgan fingerprint density at radius 1 is 1.21 bits per heavy atom. The molecule has 0 amide bonds. The second kappa shape index (κ2) is 4.55. The summed E-state index contributed by atoms with van der Waals surface area (Å²) in [5.74, 6) is 0.701. The number of nitrogens with two attached hydrogens (primary N) is 1. The molecule has 96 valence electrons. The Kier molecular flexibility index (Phi) is 2.87. The zero-order valence-corrected chi connectivity index (χ0v) is 11.7. The fourth-order valence-corrected chi connectivity index (χ4v) is 2.86. The number of aromatic nitrogens is 2. The Hall–Kier alpha value is -2.07. The molecule has 0 unspecified atom stereocenters. The molecule has 0 bridgehead atoms. The number of hydrogen-bond acceptors (Lipinski definition) is 3. The minimum Gasteiger partial charge on any atom is -0.383 e. The minimum absolute atomic E-state index is 0.701. The van der Waals surface area contributed by atoms with E-state index in [0.717, 1.165) is 22.4 Å². The largest absolute Gasteiger partial charge is 0.383 e. The van der Waals surface area contributed by atoms with Crippen LogP contribution in [0.25, 0.3) is 22.4 Å². The topological polar surface area (TPSA) is 43.8 Å². The third-order valence-electron chi connectivity index (χ3n) is 3.19. The van der Waals surface area contributed by atoms with Gasteiger partial charge in [-0.15, -0.1) is 0 Å². The first-order chi connectivity index (χ1) is 9.16. The van der Waals surface area contributed by atoms with Crippen LogP contribution in [0.2, 0.25) is 0 Å². The molecule has 2 N–H and O–H groups in total. The first kappa shape index (κ1) is 12.0. The summed E-state index contributed by atoms with van der Waals surface area (Å²) in [5.41, 5.74) is 11.6. The molecule has 0 radical (unpaired) electrons. The van der Waals surface area contributed by atoms with E-state index in [2.05, 4.69) is 53.1 Å². The van der Waals surface area contributed by atoms with Crippen molar-refractivity contribution in [1.29, 1.82) is 0 Å². The van der Waals surface area contributed by atoms with Crippen LogP contribution in [0, 0.1) is 6.92 Å². The van der Waals surface area contributed by atoms with E-state index in [1.54, 1.807) is 16.0 Å². The molecule has 0 aliphatic rings. The van der Waals surface area contributed by atoms with Gasteiger partial charge in [-0.05, 0) is 23.9 Å². The lowest BCUT2D eigenvalue weighted by Gasteiger charge is -2.04. The highest BCUT2D eigenvalue weighted by Gasteiger charge is 2.17. The molecule has 3 rings (SSSR count). The second-order valence-corrected chi connectivity index (χ2v) is 5.39. The van der Waals surface area contributed by atoms with Crippen molar-refractivity contribution < 1.29 is 0 Å². The summed E-state index contributed by atoms with van der Waals surface area (Å²) in [7, 11) is 1.88. The predicted octanol–water partition coefficient (Wildman–Crippen LogP) is 3.71. The highest BCUT2D eigenvalue weighted by Crippen LogP contribution is 2.36. The summed E-state index contributed by atoms with van der Waals surface area (Å²) in [5, 5.41) is 8.71. The van der Waals surface area contributed by atoms with Crippen molar-refractivity contribution in [2.24, 2.45) is 7.05 Å². The molecular weight excluding hydrogens is 254 g/mol. The van der Waals surface area contributed by atoms with Gasteiger partial charge < -0.3 is 5.73 Å². The molecule has 0 spiro atoms. The van der Waals surface area contributed by atoms with Gasteiger partial charge in [0.15, 0.2) is 0 Å². The van der Waals surface area contributed by atoms with Gasteiger partial charge in [-0.25, -0.2) is 0 Å². The first-order valence-electron chi connectivity index (χ1n) is 6.09. The number of hydrogen-bond donors (Lipinski definition) is 1. The van der Waals surface area contributed by atoms with Crippen molar-refractivity contribution in [3.63, 3.8) is 0 Å². The number of aryl methyl sites for hydroxylation is 2. The Morgan fingerprint density at radius 3 is 2.74 bits per heavy atom. The van der Waals surface area contributed by atoms with Gasteiger partial charge in [0.05, 0.1) is 5.56 Å². The smallest absolute Gasteiger partial charge is 0.129 e. The van der Waals surface area contributed by atoms with Crippen LogP contribution in [0.5, 0.6) is 0 Å². The fourth-order valence-electron chi connectivity index (χ4n) is 2.22. The normalized spacial score (nSPS) is 10.8. The summed E-state index contributed by atoms with van der Waals surface area (Å²) in [6.45, 7) is 2.08. The van der Waals surface area contributed by atoms with Crippen LogP contribution in [-0.4, -0.2) is 9.78 Å². The van der Waals surface area contributed by atoms with Gasteiger partial charge >= 0.3 is 0 Å². The summed E-state index contributed by atoms with van der Waals surface area (Å²) in [4.78, 5) is 0. The molecular formula is C15H15N3S. The maximum absolute atomic E-state index is 6.20. The molecule has 0 saturated heterocycles. The SMILES string of the molecule is Cc1cccc(-c2c(-c3ccsc3)nn(C)c2N)c1. The van der Waals surface area contributed by atoms with Crippen LogP contribution in [0.15, 0.2) is 41.1 Å². The quantitative estimate of drug-likeness (QED) is 0.770. The van der Waals surface area contributed by atoms with Crippen molar-refractivity contribution >= 4 is 17.2 Å². The molecule has 1 aromatic carbocycles. The van der Waals surface area contributed by atoms with Gasteiger partial charge in [-0.1, -0.05) is 29.8 Å². The average Bonchev–Trinajstić information content (AvgIpc) is 2.99. The summed E-state index contributed by atoms with van der Waals surface area (Å²) >= 11 is 1.67. The fraction of sp³-hybridized carbons (Fsp3) is 0.133. The molecule has 0 fully saturated rings. The first-order valence-corrected chi connectivity index (χ1v) is 7.03. The molecule has 3 aromatic rings. The average molecular weight is 269 g/mol. The predicted molar refractivity (Wildman–Crippen MR) is 81.1 cm³/mol. The number of benzene rings is 1. The monoisotopic (exact) mass is 269 g/mol. The van der Waals surface area contributed by atoms with E-state index in [0.29, 0.717) is 5.82 Å². The van der Waals surface area contributed by atoms with Gasteiger partial charge in [0.25, 0.3) is 0 Å². The number of rotatable bonds is 2. The maximum Gasteiger partial charge on any atom is 0.129 e. The molecule has 0 saturated carbocycles. The number of thiophene rings is 1. The molecule has 2 aromatic heterocycles. The molecule has 3 nitrogen and oxygen atoms in total. The molecule has 0 atom stereocenters. The standard InChI is InChI=1S/C15H15N3S/c1-10-4-3-5-11(8-10)13-14(12-6-7-19-9-12)17-18(2)15(13)16/h3-9H,16H2,1-2H3. The van der Waals surface area contributed by atoms with E-state index in [-0.39, 0.29) is 0 Å². The lowest BCUT2D eigenvalue weighted by Crippen LogP contribution is -1.98. The third kappa shape index (κ3) is 2.04. The Morgan fingerprint density at radius 2 is 2.05 bits per heavy atom. The van der Waals surface area contributed by atoms with Crippen molar-refractivity contribution in [2.75, 3.05) is 5.73 Å². The van der Waals surface area contributed by atoms with E-state index < -0.39 is 0 Å². The highest BCUT2D eigenvalue weighted by atomic mass is 32.1. The van der Waals surface area contributed by atoms with Gasteiger partial charge in [-0.2, -0.15) is 16.4 Å². The van der Waals surface area contributed by atoms with E-state index in [1.165, 1.54) is 5.56 Å². The van der Waals surface area contributed by atoms with Gasteiger partial charge in [-0.3, -0.25) is 4.68 Å². The van der Waals surface area contributed by atoms with E-state index in [9.17, 15) is 0 Å². The van der Waals surface area contributed by atoms with Crippen molar-refractivity contribution in [3.8, 4) is 22.4 Å². The Bertz CT molecular complexity index is 711. The summed E-state index contributed by atoms with van der Waals surface area (Å²) in [6, 6.07) is 10.4. The molecule has 4 heteroatoms. The van der Waals surface area contributed by atoms with E-state index >= 15 is 0 Å². The molecule has 0 aliphatic heterocycles. The van der Waals surface area contributed by atoms with Crippen LogP contribution < -0.4 is 5.73 Å². The van der Waals surface area contributed by atoms with Crippen molar-refractivity contribution in [1.82, 2.24) is 9.78 Å². The van der Waals surface area contributed by atoms with Crippen LogP contribution in [0.3, 0.4) is 0 Å². The second-order valence-electron chi connectivity index (χ2n) is 4.61. The zero-order valence-electron chi connectivity index (χ0n) is 10.9. The molecule has 0 aliphatic carbocycles. The molecule has 2 heterocycles. The van der Waals surface area contributed by atoms with E-state index in [1.807, 2.05) is 7.05 Å². The van der Waals surface area contributed by atoms with Gasteiger partial charge in [0.1, 0.15) is 11.5 Å². The van der Waals surface area contributed by atoms with Crippen LogP contribution in [0.1, 0.15) is 5.56 Å². The number of nitrogens with zero attached hydrogens (tertiary/aromatic N) is 2.